The molecular formula is C19H27N7O. The van der Waals surface area contributed by atoms with Crippen molar-refractivity contribution in [1.29, 1.82) is 0 Å². The minimum atomic E-state index is 0.426. The van der Waals surface area contributed by atoms with Crippen LogP contribution < -0.4 is 16.0 Å². The van der Waals surface area contributed by atoms with Crippen LogP contribution >= 0.6 is 0 Å². The van der Waals surface area contributed by atoms with E-state index in [-0.39, 0.29) is 0 Å². The first-order chi connectivity index (χ1) is 13.3. The van der Waals surface area contributed by atoms with Crippen molar-refractivity contribution in [2.45, 2.75) is 6.61 Å². The quantitative estimate of drug-likeness (QED) is 0.559. The van der Waals surface area contributed by atoms with Crippen molar-refractivity contribution in [1.82, 2.24) is 14.9 Å². The average molecular weight is 369 g/mol. The topological polar surface area (TPSA) is 91.9 Å². The van der Waals surface area contributed by atoms with Crippen LogP contribution in [0.5, 0.6) is 0 Å². The highest BCUT2D eigenvalue weighted by atomic mass is 16.5. The summed E-state index contributed by atoms with van der Waals surface area (Å²) in [6, 6.07) is 9.76. The Kier molecular flexibility index (Phi) is 6.95. The van der Waals surface area contributed by atoms with Gasteiger partial charge in [-0.25, -0.2) is 9.97 Å². The number of methoxy groups -OCH3 is 1. The first kappa shape index (κ1) is 19.1. The van der Waals surface area contributed by atoms with Crippen LogP contribution in [0, 0.1) is 0 Å². The number of hydrogen-bond acceptors (Lipinski definition) is 6. The number of ether oxygens (including phenoxy) is 1. The van der Waals surface area contributed by atoms with Gasteiger partial charge in [0.25, 0.3) is 0 Å². The molecule has 3 rings (SSSR count). The molecule has 2 heterocycles. The van der Waals surface area contributed by atoms with Gasteiger partial charge in [-0.2, -0.15) is 0 Å². The molecule has 2 aromatic rings. The second-order valence-electron chi connectivity index (χ2n) is 6.36. The number of nitrogens with zero attached hydrogens (tertiary/aromatic N) is 5. The van der Waals surface area contributed by atoms with Gasteiger partial charge in [0.1, 0.15) is 0 Å². The number of aliphatic imine (C=N–C) groups is 1. The number of rotatable bonds is 7. The van der Waals surface area contributed by atoms with E-state index in [1.807, 2.05) is 30.3 Å². The van der Waals surface area contributed by atoms with Crippen molar-refractivity contribution >= 4 is 17.6 Å². The van der Waals surface area contributed by atoms with E-state index >= 15 is 0 Å². The minimum Gasteiger partial charge on any atom is -0.380 e. The van der Waals surface area contributed by atoms with Crippen LogP contribution in [-0.4, -0.2) is 67.2 Å². The second kappa shape index (κ2) is 9.84. The zero-order chi connectivity index (χ0) is 18.9. The van der Waals surface area contributed by atoms with Crippen LogP contribution in [0.2, 0.25) is 0 Å². The monoisotopic (exact) mass is 369 g/mol. The fourth-order valence-corrected chi connectivity index (χ4v) is 3.04. The number of guanidine groups is 1. The lowest BCUT2D eigenvalue weighted by Gasteiger charge is -2.34. The van der Waals surface area contributed by atoms with E-state index in [0.717, 1.165) is 49.9 Å². The number of nitrogens with one attached hydrogen (secondary N) is 1. The van der Waals surface area contributed by atoms with E-state index in [9.17, 15) is 0 Å². The van der Waals surface area contributed by atoms with E-state index < -0.39 is 0 Å². The Morgan fingerprint density at radius 2 is 1.89 bits per heavy atom. The third kappa shape index (κ3) is 5.63. The summed E-state index contributed by atoms with van der Waals surface area (Å²) < 4.78 is 5.21. The van der Waals surface area contributed by atoms with Crippen molar-refractivity contribution in [3.8, 4) is 0 Å². The fourth-order valence-electron chi connectivity index (χ4n) is 3.04. The van der Waals surface area contributed by atoms with Crippen molar-refractivity contribution in [3.63, 3.8) is 0 Å². The molecular weight excluding hydrogens is 342 g/mol. The molecule has 1 fully saturated rings. The number of hydrogen-bond donors (Lipinski definition) is 2. The first-order valence-corrected chi connectivity index (χ1v) is 9.14. The second-order valence-corrected chi connectivity index (χ2v) is 6.36. The van der Waals surface area contributed by atoms with E-state index in [4.69, 9.17) is 10.5 Å². The van der Waals surface area contributed by atoms with Gasteiger partial charge in [-0.15, -0.1) is 0 Å². The molecule has 0 unspecified atom stereocenters. The van der Waals surface area contributed by atoms with Gasteiger partial charge in [-0.05, 0) is 12.1 Å². The minimum absolute atomic E-state index is 0.426. The van der Waals surface area contributed by atoms with Crippen LogP contribution in [-0.2, 0) is 11.3 Å². The molecule has 0 bridgehead atoms. The van der Waals surface area contributed by atoms with Crippen molar-refractivity contribution in [2.75, 3.05) is 56.6 Å². The Balaban J connectivity index is 1.43. The van der Waals surface area contributed by atoms with Gasteiger partial charge >= 0.3 is 0 Å². The van der Waals surface area contributed by atoms with Gasteiger partial charge in [-0.3, -0.25) is 9.89 Å². The molecule has 8 nitrogen and oxygen atoms in total. The highest BCUT2D eigenvalue weighted by molar-refractivity contribution is 5.92. The lowest BCUT2D eigenvalue weighted by molar-refractivity contribution is 0.185. The van der Waals surface area contributed by atoms with E-state index in [0.29, 0.717) is 19.1 Å². The predicted molar refractivity (Wildman–Crippen MR) is 108 cm³/mol. The molecule has 1 aliphatic rings. The van der Waals surface area contributed by atoms with Crippen molar-refractivity contribution in [2.24, 2.45) is 10.7 Å². The maximum absolute atomic E-state index is 6.04. The van der Waals surface area contributed by atoms with Gasteiger partial charge in [0.05, 0.1) is 13.2 Å². The maximum Gasteiger partial charge on any atom is 0.225 e. The van der Waals surface area contributed by atoms with Gasteiger partial charge in [0, 0.05) is 63.5 Å². The Hall–Kier alpha value is -2.71. The molecule has 1 aromatic heterocycles. The lowest BCUT2D eigenvalue weighted by Crippen LogP contribution is -2.47. The van der Waals surface area contributed by atoms with Crippen molar-refractivity contribution < 1.29 is 4.74 Å². The van der Waals surface area contributed by atoms with E-state index in [2.05, 4.69) is 30.1 Å². The number of anilines is 2. The van der Waals surface area contributed by atoms with Crippen LogP contribution in [0.4, 0.5) is 11.6 Å². The molecule has 0 atom stereocenters. The molecule has 1 aromatic carbocycles. The smallest absolute Gasteiger partial charge is 0.225 e. The van der Waals surface area contributed by atoms with E-state index in [1.165, 1.54) is 0 Å². The average Bonchev–Trinajstić information content (AvgIpc) is 2.71. The van der Waals surface area contributed by atoms with Crippen LogP contribution in [0.25, 0.3) is 0 Å². The lowest BCUT2D eigenvalue weighted by atomic mass is 10.2. The highest BCUT2D eigenvalue weighted by Gasteiger charge is 2.18. The molecule has 8 heteroatoms. The van der Waals surface area contributed by atoms with Crippen molar-refractivity contribution in [3.05, 3.63) is 48.3 Å². The number of benzene rings is 1. The molecule has 0 saturated carbocycles. The number of aromatic nitrogens is 2. The Morgan fingerprint density at radius 1 is 1.15 bits per heavy atom. The van der Waals surface area contributed by atoms with Gasteiger partial charge in [0.2, 0.25) is 5.95 Å². The standard InChI is InChI=1S/C19H27N7O/c1-27-15-16-5-2-3-6-17(16)24-18(20)21-9-10-25-11-13-26(14-12-25)19-22-7-4-8-23-19/h2-8H,9-15H2,1H3,(H3,20,21,24). The number of nitrogens with two attached hydrogens (primary N) is 1. The molecule has 0 spiro atoms. The normalized spacial score (nSPS) is 15.7. The summed E-state index contributed by atoms with van der Waals surface area (Å²) in [5.74, 6) is 1.23. The molecule has 144 valence electrons. The molecule has 3 N–H and O–H groups in total. The summed E-state index contributed by atoms with van der Waals surface area (Å²) in [6.45, 7) is 5.86. The zero-order valence-electron chi connectivity index (χ0n) is 15.7. The fraction of sp³-hybridized carbons (Fsp3) is 0.421. The Morgan fingerprint density at radius 3 is 2.63 bits per heavy atom. The Labute approximate surface area is 160 Å². The molecule has 1 aliphatic heterocycles. The summed E-state index contributed by atoms with van der Waals surface area (Å²) in [5, 5.41) is 3.17. The van der Waals surface area contributed by atoms with Gasteiger partial charge < -0.3 is 20.7 Å². The predicted octanol–water partition coefficient (Wildman–Crippen LogP) is 1.17. The van der Waals surface area contributed by atoms with Crippen LogP contribution in [0.3, 0.4) is 0 Å². The molecule has 0 aliphatic carbocycles. The summed E-state index contributed by atoms with van der Waals surface area (Å²) in [7, 11) is 1.68. The largest absolute Gasteiger partial charge is 0.380 e. The summed E-state index contributed by atoms with van der Waals surface area (Å²) in [4.78, 5) is 17.7. The number of piperazine rings is 1. The summed E-state index contributed by atoms with van der Waals surface area (Å²) >= 11 is 0. The Bertz CT molecular complexity index is 730. The van der Waals surface area contributed by atoms with Gasteiger partial charge in [-0.1, -0.05) is 18.2 Å². The highest BCUT2D eigenvalue weighted by Crippen LogP contribution is 2.15. The third-order valence-electron chi connectivity index (χ3n) is 4.49. The zero-order valence-corrected chi connectivity index (χ0v) is 15.7. The molecule has 27 heavy (non-hydrogen) atoms. The number of para-hydroxylation sites is 1. The maximum atomic E-state index is 6.04. The SMILES string of the molecule is COCc1ccccc1NC(N)=NCCN1CCN(c2ncccn2)CC1. The molecule has 0 radical (unpaired) electrons. The third-order valence-corrected chi connectivity index (χ3v) is 4.49. The first-order valence-electron chi connectivity index (χ1n) is 9.14. The molecule has 0 amide bonds. The van der Waals surface area contributed by atoms with Crippen LogP contribution in [0.15, 0.2) is 47.7 Å². The molecule has 1 saturated heterocycles. The summed E-state index contributed by atoms with van der Waals surface area (Å²) in [5.41, 5.74) is 8.02. The van der Waals surface area contributed by atoms with Gasteiger partial charge in [0.15, 0.2) is 5.96 Å². The summed E-state index contributed by atoms with van der Waals surface area (Å²) in [6.07, 6.45) is 3.56. The van der Waals surface area contributed by atoms with Crippen LogP contribution in [0.1, 0.15) is 5.56 Å². The van der Waals surface area contributed by atoms with E-state index in [1.54, 1.807) is 19.5 Å².